The first-order chi connectivity index (χ1) is 10.8. The fourth-order valence-corrected chi connectivity index (χ4v) is 6.81. The van der Waals surface area contributed by atoms with Crippen LogP contribution < -0.4 is 0 Å². The van der Waals surface area contributed by atoms with E-state index in [1.165, 1.54) is 12.0 Å². The van der Waals surface area contributed by atoms with E-state index in [9.17, 15) is 9.90 Å². The molecule has 0 aliphatic heterocycles. The zero-order chi connectivity index (χ0) is 16.5. The molecule has 2 nitrogen and oxygen atoms in total. The highest BCUT2D eigenvalue weighted by Gasteiger charge is 2.63. The van der Waals surface area contributed by atoms with Crippen molar-refractivity contribution in [2.24, 2.45) is 28.6 Å². The van der Waals surface area contributed by atoms with Crippen LogP contribution >= 0.6 is 0 Å². The Hall–Kier alpha value is -1.07. The van der Waals surface area contributed by atoms with Crippen LogP contribution in [-0.4, -0.2) is 16.5 Å². The van der Waals surface area contributed by atoms with Gasteiger partial charge in [-0.25, -0.2) is 0 Å². The lowest BCUT2D eigenvalue weighted by atomic mass is 9.46. The van der Waals surface area contributed by atoms with Crippen LogP contribution in [-0.2, 0) is 4.79 Å². The quantitative estimate of drug-likeness (QED) is 0.689. The lowest BCUT2D eigenvalue weighted by molar-refractivity contribution is -0.119. The van der Waals surface area contributed by atoms with E-state index in [0.29, 0.717) is 30.0 Å². The minimum atomic E-state index is -0.914. The van der Waals surface area contributed by atoms with E-state index in [4.69, 9.17) is 6.42 Å². The van der Waals surface area contributed by atoms with E-state index < -0.39 is 5.60 Å². The number of carbonyl (C=O) groups is 1. The Balaban J connectivity index is 1.70. The Bertz CT molecular complexity index is 626. The number of hydrogen-bond donors (Lipinski definition) is 1. The van der Waals surface area contributed by atoms with E-state index in [1.807, 2.05) is 6.08 Å². The molecule has 6 atom stereocenters. The maximum Gasteiger partial charge on any atom is 0.155 e. The van der Waals surface area contributed by atoms with Crippen molar-refractivity contribution in [1.29, 1.82) is 0 Å². The first-order valence-corrected chi connectivity index (χ1v) is 9.28. The molecule has 0 aromatic heterocycles. The Morgan fingerprint density at radius 3 is 2.61 bits per heavy atom. The molecule has 0 heterocycles. The summed E-state index contributed by atoms with van der Waals surface area (Å²) in [6, 6.07) is 0. The molecule has 1 N–H and O–H groups in total. The highest BCUT2D eigenvalue weighted by atomic mass is 16.3. The lowest BCUT2D eigenvalue weighted by Crippen LogP contribution is -2.54. The number of allylic oxidation sites excluding steroid dienone is 1. The van der Waals surface area contributed by atoms with Crippen molar-refractivity contribution >= 4 is 5.78 Å². The summed E-state index contributed by atoms with van der Waals surface area (Å²) >= 11 is 0. The van der Waals surface area contributed by atoms with Gasteiger partial charge >= 0.3 is 0 Å². The molecule has 3 saturated carbocycles. The van der Waals surface area contributed by atoms with Gasteiger partial charge in [-0.3, -0.25) is 4.79 Å². The van der Waals surface area contributed by atoms with Gasteiger partial charge < -0.3 is 5.11 Å². The van der Waals surface area contributed by atoms with Crippen LogP contribution in [0.3, 0.4) is 0 Å². The third-order valence-electron chi connectivity index (χ3n) is 8.35. The minimum absolute atomic E-state index is 0.120. The standard InChI is InChI=1S/C21H28O2/c1-4-21(23)12-9-18-16-6-5-14-13-15(22)7-10-19(14,2)17(16)8-11-20(18,21)3/h1,13,16-18,23H,5-12H2,2-3H3/t16?,17?,18?,19-,20-,21-/m0/s1. The van der Waals surface area contributed by atoms with Gasteiger partial charge in [0.1, 0.15) is 5.60 Å². The predicted molar refractivity (Wildman–Crippen MR) is 90.5 cm³/mol. The zero-order valence-electron chi connectivity index (χ0n) is 14.4. The van der Waals surface area contributed by atoms with Gasteiger partial charge in [-0.05, 0) is 74.2 Å². The molecule has 23 heavy (non-hydrogen) atoms. The molecule has 0 aromatic carbocycles. The van der Waals surface area contributed by atoms with Crippen molar-refractivity contribution in [3.8, 4) is 12.3 Å². The average molecular weight is 312 g/mol. The fourth-order valence-electron chi connectivity index (χ4n) is 6.81. The highest BCUT2D eigenvalue weighted by molar-refractivity contribution is 5.91. The maximum atomic E-state index is 11.8. The van der Waals surface area contributed by atoms with Crippen LogP contribution in [0.1, 0.15) is 65.2 Å². The van der Waals surface area contributed by atoms with Crippen LogP contribution in [0, 0.1) is 40.9 Å². The summed E-state index contributed by atoms with van der Waals surface area (Å²) in [6.45, 7) is 4.63. The monoisotopic (exact) mass is 312 g/mol. The molecule has 2 heteroatoms. The molecule has 0 spiro atoms. The summed E-state index contributed by atoms with van der Waals surface area (Å²) < 4.78 is 0. The molecule has 4 aliphatic rings. The molecule has 3 fully saturated rings. The molecule has 4 aliphatic carbocycles. The normalized spacial score (nSPS) is 52.0. The number of rotatable bonds is 0. The summed E-state index contributed by atoms with van der Waals surface area (Å²) in [5.41, 5.74) is 0.575. The molecular formula is C21H28O2. The molecular weight excluding hydrogens is 284 g/mol. The van der Waals surface area contributed by atoms with Gasteiger partial charge in [-0.15, -0.1) is 6.42 Å². The molecule has 0 radical (unpaired) electrons. The van der Waals surface area contributed by atoms with E-state index in [2.05, 4.69) is 19.8 Å². The second-order valence-electron chi connectivity index (χ2n) is 8.97. The third-order valence-corrected chi connectivity index (χ3v) is 8.35. The van der Waals surface area contributed by atoms with Crippen LogP contribution in [0.15, 0.2) is 11.6 Å². The highest BCUT2D eigenvalue weighted by Crippen LogP contribution is 2.67. The van der Waals surface area contributed by atoms with Gasteiger partial charge in [-0.2, -0.15) is 0 Å². The topological polar surface area (TPSA) is 37.3 Å². The summed E-state index contributed by atoms with van der Waals surface area (Å²) in [5, 5.41) is 11.0. The van der Waals surface area contributed by atoms with Crippen LogP contribution in [0.2, 0.25) is 0 Å². The van der Waals surface area contributed by atoms with Gasteiger partial charge in [0.05, 0.1) is 0 Å². The molecule has 0 bridgehead atoms. The first-order valence-electron chi connectivity index (χ1n) is 9.28. The number of terminal acetylenes is 1. The van der Waals surface area contributed by atoms with E-state index in [0.717, 1.165) is 38.5 Å². The third kappa shape index (κ3) is 1.84. The Labute approximate surface area is 139 Å². The second-order valence-corrected chi connectivity index (χ2v) is 8.97. The summed E-state index contributed by atoms with van der Waals surface area (Å²) in [7, 11) is 0. The van der Waals surface area contributed by atoms with E-state index in [-0.39, 0.29) is 10.8 Å². The average Bonchev–Trinajstić information content (AvgIpc) is 2.80. The van der Waals surface area contributed by atoms with Crippen LogP contribution in [0.5, 0.6) is 0 Å². The molecule has 0 amide bonds. The van der Waals surface area contributed by atoms with Gasteiger partial charge in [0.25, 0.3) is 0 Å². The van der Waals surface area contributed by atoms with Crippen molar-refractivity contribution < 1.29 is 9.90 Å². The molecule has 0 aromatic rings. The van der Waals surface area contributed by atoms with Gasteiger partial charge in [-0.1, -0.05) is 25.3 Å². The zero-order valence-corrected chi connectivity index (χ0v) is 14.4. The molecule has 4 rings (SSSR count). The number of hydrogen-bond acceptors (Lipinski definition) is 2. The number of fused-ring (bicyclic) bond motifs is 5. The largest absolute Gasteiger partial charge is 0.377 e. The lowest BCUT2D eigenvalue weighted by Gasteiger charge is -2.58. The first kappa shape index (κ1) is 15.5. The molecule has 0 saturated heterocycles. The number of carbonyl (C=O) groups excluding carboxylic acids is 1. The predicted octanol–water partition coefficient (Wildman–Crippen LogP) is 3.88. The fraction of sp³-hybridized carbons (Fsp3) is 0.762. The summed E-state index contributed by atoms with van der Waals surface area (Å²) in [6.07, 6.45) is 15.6. The van der Waals surface area contributed by atoms with Crippen LogP contribution in [0.25, 0.3) is 0 Å². The number of aliphatic hydroxyl groups is 1. The van der Waals surface area contributed by atoms with Crippen molar-refractivity contribution in [3.05, 3.63) is 11.6 Å². The van der Waals surface area contributed by atoms with Gasteiger partial charge in [0.15, 0.2) is 5.78 Å². The Morgan fingerprint density at radius 2 is 1.87 bits per heavy atom. The minimum Gasteiger partial charge on any atom is -0.377 e. The SMILES string of the molecule is C#C[C@]1(O)CCC2C3CCC4=CC(=O)CC[C@]4(C)C3CC[C@@]21C. The summed E-state index contributed by atoms with van der Waals surface area (Å²) in [4.78, 5) is 11.8. The van der Waals surface area contributed by atoms with E-state index >= 15 is 0 Å². The molecule has 124 valence electrons. The van der Waals surface area contributed by atoms with E-state index in [1.54, 1.807) is 0 Å². The molecule has 3 unspecified atom stereocenters. The number of ketones is 1. The van der Waals surface area contributed by atoms with Gasteiger partial charge in [0, 0.05) is 11.8 Å². The van der Waals surface area contributed by atoms with Crippen LogP contribution in [0.4, 0.5) is 0 Å². The smallest absolute Gasteiger partial charge is 0.155 e. The maximum absolute atomic E-state index is 11.8. The van der Waals surface area contributed by atoms with Gasteiger partial charge in [0.2, 0.25) is 0 Å². The summed E-state index contributed by atoms with van der Waals surface area (Å²) in [5.74, 6) is 4.93. The van der Waals surface area contributed by atoms with Crippen molar-refractivity contribution in [3.63, 3.8) is 0 Å². The van der Waals surface area contributed by atoms with Crippen molar-refractivity contribution in [2.45, 2.75) is 70.8 Å². The Kier molecular flexibility index (Phi) is 3.18. The second kappa shape index (κ2) is 4.73. The Morgan fingerprint density at radius 1 is 1.13 bits per heavy atom. The van der Waals surface area contributed by atoms with Crippen molar-refractivity contribution in [1.82, 2.24) is 0 Å². The van der Waals surface area contributed by atoms with Crippen molar-refractivity contribution in [2.75, 3.05) is 0 Å².